The third-order valence-corrected chi connectivity index (χ3v) is 2.25. The van der Waals surface area contributed by atoms with Crippen LogP contribution in [-0.4, -0.2) is 5.12 Å². The molecule has 1 rings (SSSR count). The van der Waals surface area contributed by atoms with Crippen LogP contribution in [0.1, 0.15) is 18.1 Å². The molecule has 0 aromatic heterocycles. The van der Waals surface area contributed by atoms with Crippen LogP contribution in [0.15, 0.2) is 29.8 Å². The second-order valence-corrected chi connectivity index (χ2v) is 3.40. The molecule has 0 aliphatic carbocycles. The number of hydrogen-bond donors (Lipinski definition) is 1. The molecule has 0 fully saturated rings. The highest BCUT2D eigenvalue weighted by atomic mass is 32.1. The van der Waals surface area contributed by atoms with Crippen molar-refractivity contribution >= 4 is 23.8 Å². The lowest BCUT2D eigenvalue weighted by molar-refractivity contribution is -0.107. The molecular formula is C11H12OS. The zero-order chi connectivity index (χ0) is 9.84. The van der Waals surface area contributed by atoms with Crippen LogP contribution in [-0.2, 0) is 4.79 Å². The van der Waals surface area contributed by atoms with E-state index in [0.717, 1.165) is 11.1 Å². The van der Waals surface area contributed by atoms with Crippen LogP contribution in [0.4, 0.5) is 0 Å². The van der Waals surface area contributed by atoms with Crippen LogP contribution < -0.4 is 0 Å². The number of carbonyl (C=O) groups is 1. The Morgan fingerprint density at radius 3 is 2.54 bits per heavy atom. The van der Waals surface area contributed by atoms with Crippen molar-refractivity contribution in [3.05, 3.63) is 41.0 Å². The summed E-state index contributed by atoms with van der Waals surface area (Å²) in [6.07, 6.45) is 1.85. The van der Waals surface area contributed by atoms with Gasteiger partial charge in [-0.3, -0.25) is 4.79 Å². The van der Waals surface area contributed by atoms with Crippen molar-refractivity contribution in [3.63, 3.8) is 0 Å². The molecule has 0 aliphatic rings. The average Bonchev–Trinajstić information content (AvgIpc) is 2.08. The number of carbonyl (C=O) groups excluding carboxylic acids is 1. The minimum absolute atomic E-state index is 0.178. The molecule has 0 bridgehead atoms. The predicted octanol–water partition coefficient (Wildman–Crippen LogP) is 2.85. The third-order valence-electron chi connectivity index (χ3n) is 1.90. The summed E-state index contributed by atoms with van der Waals surface area (Å²) in [5.74, 6) is 0. The average molecular weight is 192 g/mol. The molecule has 0 radical (unpaired) electrons. The molecule has 0 heterocycles. The van der Waals surface area contributed by atoms with Crippen LogP contribution in [0.2, 0.25) is 0 Å². The van der Waals surface area contributed by atoms with Gasteiger partial charge in [-0.05, 0) is 31.1 Å². The maximum atomic E-state index is 10.9. The van der Waals surface area contributed by atoms with Crippen molar-refractivity contribution < 1.29 is 4.79 Å². The number of rotatable bonds is 2. The van der Waals surface area contributed by atoms with Crippen LogP contribution in [0.5, 0.6) is 0 Å². The van der Waals surface area contributed by atoms with E-state index in [1.165, 1.54) is 0 Å². The van der Waals surface area contributed by atoms with Gasteiger partial charge in [0.1, 0.15) is 0 Å². The van der Waals surface area contributed by atoms with Crippen molar-refractivity contribution in [1.29, 1.82) is 0 Å². The molecule has 1 aromatic rings. The Labute approximate surface area is 83.9 Å². The Bertz CT molecular complexity index is 353. The predicted molar refractivity (Wildman–Crippen MR) is 58.8 cm³/mol. The lowest BCUT2D eigenvalue weighted by atomic mass is 10.1. The fraction of sp³-hybridized carbons (Fsp3) is 0.182. The van der Waals surface area contributed by atoms with Gasteiger partial charge >= 0.3 is 0 Å². The first-order chi connectivity index (χ1) is 6.11. The maximum absolute atomic E-state index is 10.9. The van der Waals surface area contributed by atoms with Crippen molar-refractivity contribution in [2.24, 2.45) is 0 Å². The van der Waals surface area contributed by atoms with Gasteiger partial charge in [-0.1, -0.05) is 24.3 Å². The lowest BCUT2D eigenvalue weighted by Crippen LogP contribution is -1.88. The second-order valence-electron chi connectivity index (χ2n) is 2.99. The summed E-state index contributed by atoms with van der Waals surface area (Å²) in [4.78, 5) is 10.9. The molecule has 1 nitrogen and oxygen atoms in total. The summed E-state index contributed by atoms with van der Waals surface area (Å²) < 4.78 is 0. The molecule has 0 N–H and O–H groups in total. The smallest absolute Gasteiger partial charge is 0.212 e. The molecule has 0 amide bonds. The summed E-state index contributed by atoms with van der Waals surface area (Å²) in [6.45, 7) is 3.78. The number of benzene rings is 1. The van der Waals surface area contributed by atoms with Crippen molar-refractivity contribution in [3.8, 4) is 0 Å². The first kappa shape index (κ1) is 10.1. The zero-order valence-electron chi connectivity index (χ0n) is 7.74. The standard InChI is InChI=1S/C11H12OS/c1-8-5-3-4-6-10(8)7-9(2)11(12)13/h3-7H,1-2H3,(H,12,13). The number of thiol groups is 1. The summed E-state index contributed by atoms with van der Waals surface area (Å²) in [5, 5.41) is -0.178. The maximum Gasteiger partial charge on any atom is 0.212 e. The summed E-state index contributed by atoms with van der Waals surface area (Å²) >= 11 is 3.75. The summed E-state index contributed by atoms with van der Waals surface area (Å²) in [7, 11) is 0. The summed E-state index contributed by atoms with van der Waals surface area (Å²) in [6, 6.07) is 7.93. The SMILES string of the molecule is CC(=Cc1ccccc1C)C(=O)S. The van der Waals surface area contributed by atoms with Gasteiger partial charge in [0.15, 0.2) is 0 Å². The monoisotopic (exact) mass is 192 g/mol. The van der Waals surface area contributed by atoms with Gasteiger partial charge in [0.05, 0.1) is 0 Å². The van der Waals surface area contributed by atoms with Gasteiger partial charge in [0, 0.05) is 5.57 Å². The normalized spacial score (nSPS) is 11.5. The molecule has 1 aromatic carbocycles. The highest BCUT2D eigenvalue weighted by Crippen LogP contribution is 2.12. The number of hydrogen-bond acceptors (Lipinski definition) is 1. The van der Waals surface area contributed by atoms with E-state index in [4.69, 9.17) is 0 Å². The van der Waals surface area contributed by atoms with E-state index in [1.807, 2.05) is 37.3 Å². The van der Waals surface area contributed by atoms with E-state index in [9.17, 15) is 4.79 Å². The molecular weight excluding hydrogens is 180 g/mol. The number of aryl methyl sites for hydroxylation is 1. The highest BCUT2D eigenvalue weighted by molar-refractivity contribution is 7.97. The van der Waals surface area contributed by atoms with E-state index in [0.29, 0.717) is 5.57 Å². The Morgan fingerprint density at radius 2 is 2.00 bits per heavy atom. The molecule has 68 valence electrons. The van der Waals surface area contributed by atoms with Crippen LogP contribution in [0.3, 0.4) is 0 Å². The summed E-state index contributed by atoms with van der Waals surface area (Å²) in [5.41, 5.74) is 2.90. The van der Waals surface area contributed by atoms with E-state index in [2.05, 4.69) is 12.6 Å². The first-order valence-corrected chi connectivity index (χ1v) is 4.53. The molecule has 0 aliphatic heterocycles. The Kier molecular flexibility index (Phi) is 3.32. The Balaban J connectivity index is 3.04. The Hall–Kier alpha value is -1.02. The molecule has 0 spiro atoms. The molecule has 0 saturated heterocycles. The van der Waals surface area contributed by atoms with E-state index in [-0.39, 0.29) is 5.12 Å². The zero-order valence-corrected chi connectivity index (χ0v) is 8.64. The van der Waals surface area contributed by atoms with E-state index >= 15 is 0 Å². The Morgan fingerprint density at radius 1 is 1.38 bits per heavy atom. The largest absolute Gasteiger partial charge is 0.282 e. The van der Waals surface area contributed by atoms with Gasteiger partial charge in [-0.25, -0.2) is 0 Å². The molecule has 0 unspecified atom stereocenters. The van der Waals surface area contributed by atoms with Gasteiger partial charge in [0.25, 0.3) is 0 Å². The molecule has 0 atom stereocenters. The minimum atomic E-state index is -0.178. The van der Waals surface area contributed by atoms with Gasteiger partial charge in [-0.2, -0.15) is 0 Å². The fourth-order valence-electron chi connectivity index (χ4n) is 1.04. The van der Waals surface area contributed by atoms with E-state index < -0.39 is 0 Å². The molecule has 2 heteroatoms. The van der Waals surface area contributed by atoms with Crippen molar-refractivity contribution in [2.45, 2.75) is 13.8 Å². The van der Waals surface area contributed by atoms with Gasteiger partial charge in [-0.15, -0.1) is 12.6 Å². The van der Waals surface area contributed by atoms with Crippen molar-refractivity contribution in [2.75, 3.05) is 0 Å². The highest BCUT2D eigenvalue weighted by Gasteiger charge is 1.98. The third kappa shape index (κ3) is 2.74. The second kappa shape index (κ2) is 4.28. The van der Waals surface area contributed by atoms with Crippen LogP contribution >= 0.6 is 12.6 Å². The van der Waals surface area contributed by atoms with Crippen LogP contribution in [0.25, 0.3) is 6.08 Å². The lowest BCUT2D eigenvalue weighted by Gasteiger charge is -1.99. The van der Waals surface area contributed by atoms with Gasteiger partial charge in [0.2, 0.25) is 5.12 Å². The minimum Gasteiger partial charge on any atom is -0.282 e. The quantitative estimate of drug-likeness (QED) is 0.563. The van der Waals surface area contributed by atoms with Crippen LogP contribution in [0, 0.1) is 6.92 Å². The first-order valence-electron chi connectivity index (χ1n) is 4.08. The van der Waals surface area contributed by atoms with Crippen molar-refractivity contribution in [1.82, 2.24) is 0 Å². The molecule has 13 heavy (non-hydrogen) atoms. The topological polar surface area (TPSA) is 17.1 Å². The van der Waals surface area contributed by atoms with Gasteiger partial charge < -0.3 is 0 Å². The molecule has 0 saturated carbocycles. The fourth-order valence-corrected chi connectivity index (χ4v) is 1.11. The van der Waals surface area contributed by atoms with E-state index in [1.54, 1.807) is 6.92 Å².